The fraction of sp³-hybridized carbons (Fsp3) is 0.529. The average Bonchev–Trinajstić information content (AvgIpc) is 2.59. The van der Waals surface area contributed by atoms with E-state index < -0.39 is 0 Å². The van der Waals surface area contributed by atoms with E-state index in [1.54, 1.807) is 7.11 Å². The van der Waals surface area contributed by atoms with Gasteiger partial charge in [0.05, 0.1) is 6.61 Å². The molecule has 2 nitrogen and oxygen atoms in total. The molecule has 1 aliphatic rings. The van der Waals surface area contributed by atoms with Gasteiger partial charge in [-0.2, -0.15) is 0 Å². The second kappa shape index (κ2) is 8.76. The van der Waals surface area contributed by atoms with Gasteiger partial charge in [-0.1, -0.05) is 42.4 Å². The van der Waals surface area contributed by atoms with Crippen LogP contribution in [0.15, 0.2) is 47.2 Å². The zero-order chi connectivity index (χ0) is 14.1. The van der Waals surface area contributed by atoms with E-state index in [1.807, 2.05) is 0 Å². The molecule has 0 aromatic rings. The van der Waals surface area contributed by atoms with Crippen molar-refractivity contribution in [1.29, 1.82) is 0 Å². The van der Waals surface area contributed by atoms with Gasteiger partial charge in [0.25, 0.3) is 0 Å². The van der Waals surface area contributed by atoms with Crippen LogP contribution in [0.4, 0.5) is 0 Å². The number of methoxy groups -OCH3 is 1. The summed E-state index contributed by atoms with van der Waals surface area (Å²) in [5, 5.41) is 0. The summed E-state index contributed by atoms with van der Waals surface area (Å²) in [5.74, 6) is 0. The van der Waals surface area contributed by atoms with E-state index in [1.165, 1.54) is 16.8 Å². The van der Waals surface area contributed by atoms with Gasteiger partial charge < -0.3 is 9.64 Å². The highest BCUT2D eigenvalue weighted by atomic mass is 16.5. The van der Waals surface area contributed by atoms with E-state index >= 15 is 0 Å². The van der Waals surface area contributed by atoms with Gasteiger partial charge in [-0.15, -0.1) is 0 Å². The number of hydrogen-bond acceptors (Lipinski definition) is 2. The van der Waals surface area contributed by atoms with E-state index in [9.17, 15) is 0 Å². The largest absolute Gasteiger partial charge is 0.383 e. The molecule has 0 radical (unpaired) electrons. The summed E-state index contributed by atoms with van der Waals surface area (Å²) in [4.78, 5) is 2.43. The van der Waals surface area contributed by atoms with E-state index in [2.05, 4.69) is 56.1 Å². The fourth-order valence-corrected chi connectivity index (χ4v) is 2.25. The zero-order valence-electron chi connectivity index (χ0n) is 12.8. The van der Waals surface area contributed by atoms with Crippen LogP contribution in [0.2, 0.25) is 0 Å². The van der Waals surface area contributed by atoms with Crippen LogP contribution in [0.5, 0.6) is 0 Å². The van der Waals surface area contributed by atoms with Crippen molar-refractivity contribution in [3.63, 3.8) is 0 Å². The predicted octanol–water partition coefficient (Wildman–Crippen LogP) is 4.08. The molecule has 0 unspecified atom stereocenters. The second-order valence-electron chi connectivity index (χ2n) is 5.11. The molecule has 0 aromatic heterocycles. The third-order valence-corrected chi connectivity index (χ3v) is 3.20. The third kappa shape index (κ3) is 5.93. The van der Waals surface area contributed by atoms with Crippen molar-refractivity contribution in [2.45, 2.75) is 33.6 Å². The molecule has 0 aromatic carbocycles. The van der Waals surface area contributed by atoms with Crippen LogP contribution in [-0.2, 0) is 4.74 Å². The van der Waals surface area contributed by atoms with Crippen LogP contribution in [0.25, 0.3) is 0 Å². The first-order valence-corrected chi connectivity index (χ1v) is 7.10. The Hall–Kier alpha value is -1.28. The summed E-state index contributed by atoms with van der Waals surface area (Å²) < 4.78 is 5.24. The van der Waals surface area contributed by atoms with E-state index in [-0.39, 0.29) is 0 Å². The van der Waals surface area contributed by atoms with Gasteiger partial charge in [0, 0.05) is 32.3 Å². The van der Waals surface area contributed by atoms with E-state index in [0.717, 1.165) is 32.5 Å². The maximum atomic E-state index is 5.24. The van der Waals surface area contributed by atoms with Crippen molar-refractivity contribution in [2.24, 2.45) is 0 Å². The lowest BCUT2D eigenvalue weighted by atomic mass is 10.1. The minimum Gasteiger partial charge on any atom is -0.383 e. The van der Waals surface area contributed by atoms with Crippen LogP contribution in [0, 0.1) is 0 Å². The highest BCUT2D eigenvalue weighted by Gasteiger charge is 2.11. The predicted molar refractivity (Wildman–Crippen MR) is 83.1 cm³/mol. The topological polar surface area (TPSA) is 12.5 Å². The quantitative estimate of drug-likeness (QED) is 0.640. The number of ether oxygens (including phenoxy) is 1. The maximum absolute atomic E-state index is 5.24. The molecular formula is C17H27NO. The molecule has 0 spiro atoms. The molecule has 0 fully saturated rings. The molecule has 0 heterocycles. The van der Waals surface area contributed by atoms with Crippen molar-refractivity contribution in [1.82, 2.24) is 4.90 Å². The standard InChI is InChI=1S/C17H27NO/c1-5-8-16(3)14-18(11-12-19-4)17-10-7-6-9-15(2)13-17/h6-10H,5,11-14H2,1-4H3/b16-8+. The van der Waals surface area contributed by atoms with Gasteiger partial charge in [0.15, 0.2) is 0 Å². The third-order valence-electron chi connectivity index (χ3n) is 3.20. The Morgan fingerprint density at radius 1 is 1.37 bits per heavy atom. The minimum atomic E-state index is 0.767. The number of allylic oxidation sites excluding steroid dienone is 6. The molecule has 19 heavy (non-hydrogen) atoms. The van der Waals surface area contributed by atoms with Crippen LogP contribution >= 0.6 is 0 Å². The summed E-state index contributed by atoms with van der Waals surface area (Å²) in [6, 6.07) is 0. The summed E-state index contributed by atoms with van der Waals surface area (Å²) in [6.07, 6.45) is 13.1. The molecule has 0 saturated heterocycles. The molecule has 0 bridgehead atoms. The molecule has 0 amide bonds. The van der Waals surface area contributed by atoms with Crippen LogP contribution in [0.3, 0.4) is 0 Å². The Kier molecular flexibility index (Phi) is 7.27. The van der Waals surface area contributed by atoms with Crippen LogP contribution < -0.4 is 0 Å². The molecule has 2 heteroatoms. The molecule has 1 aliphatic carbocycles. The summed E-state index contributed by atoms with van der Waals surface area (Å²) in [6.45, 7) is 9.28. The second-order valence-corrected chi connectivity index (χ2v) is 5.11. The molecule has 0 N–H and O–H groups in total. The molecule has 106 valence electrons. The molecule has 0 atom stereocenters. The summed E-state index contributed by atoms with van der Waals surface area (Å²) >= 11 is 0. The van der Waals surface area contributed by atoms with Crippen molar-refractivity contribution in [2.75, 3.05) is 26.8 Å². The van der Waals surface area contributed by atoms with Crippen molar-refractivity contribution in [3.8, 4) is 0 Å². The van der Waals surface area contributed by atoms with Gasteiger partial charge in [-0.05, 0) is 26.3 Å². The van der Waals surface area contributed by atoms with Gasteiger partial charge in [0.1, 0.15) is 0 Å². The summed E-state index contributed by atoms with van der Waals surface area (Å²) in [7, 11) is 1.76. The van der Waals surface area contributed by atoms with Gasteiger partial charge in [-0.3, -0.25) is 0 Å². The highest BCUT2D eigenvalue weighted by molar-refractivity contribution is 5.27. The lowest BCUT2D eigenvalue weighted by molar-refractivity contribution is 0.167. The van der Waals surface area contributed by atoms with Gasteiger partial charge in [-0.25, -0.2) is 0 Å². The first-order chi connectivity index (χ1) is 9.17. The molecular weight excluding hydrogens is 234 g/mol. The van der Waals surface area contributed by atoms with Crippen molar-refractivity contribution in [3.05, 3.63) is 47.2 Å². The Bertz CT molecular complexity index is 388. The highest BCUT2D eigenvalue weighted by Crippen LogP contribution is 2.19. The lowest BCUT2D eigenvalue weighted by Crippen LogP contribution is -2.28. The lowest BCUT2D eigenvalue weighted by Gasteiger charge is -2.28. The molecule has 1 rings (SSSR count). The maximum Gasteiger partial charge on any atom is 0.0637 e. The zero-order valence-corrected chi connectivity index (χ0v) is 12.8. The van der Waals surface area contributed by atoms with E-state index in [0.29, 0.717) is 0 Å². The normalized spacial score (nSPS) is 15.9. The minimum absolute atomic E-state index is 0.767. The SMILES string of the molecule is CC/C=C(\C)CN(CCOC)C1=CC=CC=C(C)C1. The Labute approximate surface area is 118 Å². The Morgan fingerprint density at radius 3 is 2.79 bits per heavy atom. The average molecular weight is 261 g/mol. The van der Waals surface area contributed by atoms with Crippen LogP contribution in [-0.4, -0.2) is 31.7 Å². The smallest absolute Gasteiger partial charge is 0.0637 e. The summed E-state index contributed by atoms with van der Waals surface area (Å²) in [5.41, 5.74) is 4.21. The van der Waals surface area contributed by atoms with Gasteiger partial charge >= 0.3 is 0 Å². The Morgan fingerprint density at radius 2 is 2.11 bits per heavy atom. The fourth-order valence-electron chi connectivity index (χ4n) is 2.25. The van der Waals surface area contributed by atoms with Crippen molar-refractivity contribution < 1.29 is 4.74 Å². The number of nitrogens with zero attached hydrogens (tertiary/aromatic N) is 1. The van der Waals surface area contributed by atoms with E-state index in [4.69, 9.17) is 4.74 Å². The number of hydrogen-bond donors (Lipinski definition) is 0. The van der Waals surface area contributed by atoms with Gasteiger partial charge in [0.2, 0.25) is 0 Å². The first kappa shape index (κ1) is 15.8. The number of rotatable bonds is 7. The van der Waals surface area contributed by atoms with Crippen molar-refractivity contribution >= 4 is 0 Å². The molecule has 0 saturated carbocycles. The molecule has 0 aliphatic heterocycles. The Balaban J connectivity index is 2.78. The van der Waals surface area contributed by atoms with Crippen LogP contribution in [0.1, 0.15) is 33.6 Å². The first-order valence-electron chi connectivity index (χ1n) is 7.10. The monoisotopic (exact) mass is 261 g/mol.